The van der Waals surface area contributed by atoms with Crippen molar-refractivity contribution in [3.05, 3.63) is 12.2 Å². The average molecular weight is 595 g/mol. The number of hydrogen-bond donors (Lipinski definition) is 4. The molecule has 0 saturated carbocycles. The van der Waals surface area contributed by atoms with Gasteiger partial charge in [0.2, 0.25) is 26.0 Å². The van der Waals surface area contributed by atoms with Crippen molar-refractivity contribution in [3.8, 4) is 0 Å². The van der Waals surface area contributed by atoms with E-state index < -0.39 is 43.9 Å². The van der Waals surface area contributed by atoms with Crippen LogP contribution in [0.25, 0.3) is 0 Å². The number of likely N-dealkylation sites (tertiary alicyclic amines) is 2. The summed E-state index contributed by atoms with van der Waals surface area (Å²) in [4.78, 5) is 28.5. The van der Waals surface area contributed by atoms with E-state index in [0.717, 1.165) is 51.2 Å². The molecule has 2 aliphatic heterocycles. The number of ether oxygens (including phenoxy) is 1. The van der Waals surface area contributed by atoms with E-state index in [1.165, 1.54) is 0 Å². The molecule has 0 spiro atoms. The summed E-state index contributed by atoms with van der Waals surface area (Å²) in [7, 11) is -7.36. The van der Waals surface area contributed by atoms with Crippen LogP contribution in [-0.2, 0) is 34.4 Å². The van der Waals surface area contributed by atoms with Gasteiger partial charge in [-0.1, -0.05) is 0 Å². The quantitative estimate of drug-likeness (QED) is 0.111. The summed E-state index contributed by atoms with van der Waals surface area (Å²) in [6.07, 6.45) is 3.09. The van der Waals surface area contributed by atoms with Crippen molar-refractivity contribution in [1.29, 1.82) is 0 Å². The summed E-state index contributed by atoms with van der Waals surface area (Å²) in [5.41, 5.74) is 5.68. The lowest BCUT2D eigenvalue weighted by molar-refractivity contribution is -0.141. The number of nitrogens with one attached hydrogen (secondary N) is 3. The minimum Gasteiger partial charge on any atom is -0.442 e. The number of carbonyl (C=O) groups excluding carboxylic acids is 2. The Bertz CT molecular complexity index is 1030. The van der Waals surface area contributed by atoms with Gasteiger partial charge in [0.1, 0.15) is 5.75 Å². The molecule has 1 amide bonds. The fraction of sp³-hybridized carbons (Fsp3) is 0.833. The number of hydrogen-bond acceptors (Lipinski definition) is 10. The number of esters is 1. The fourth-order valence-electron chi connectivity index (χ4n) is 4.63. The largest absolute Gasteiger partial charge is 0.442 e. The smallest absolute Gasteiger partial charge is 0.332 e. The van der Waals surface area contributed by atoms with Gasteiger partial charge in [-0.2, -0.15) is 0 Å². The lowest BCUT2D eigenvalue weighted by atomic mass is 10.1. The molecular weight excluding hydrogens is 548 g/mol. The van der Waals surface area contributed by atoms with Crippen LogP contribution in [0.2, 0.25) is 0 Å². The molecule has 5 N–H and O–H groups in total. The molecule has 13 nitrogen and oxygen atoms in total. The molecule has 0 aromatic heterocycles. The van der Waals surface area contributed by atoms with Crippen molar-refractivity contribution in [3.63, 3.8) is 0 Å². The molecule has 1 atom stereocenters. The van der Waals surface area contributed by atoms with Crippen molar-refractivity contribution < 1.29 is 31.2 Å². The molecule has 1 unspecified atom stereocenters. The number of amides is 1. The maximum atomic E-state index is 12.4. The highest BCUT2D eigenvalue weighted by Crippen LogP contribution is 2.15. The summed E-state index contributed by atoms with van der Waals surface area (Å²) in [5, 5.41) is 2.40. The number of carbonyl (C=O) groups is 2. The van der Waals surface area contributed by atoms with E-state index in [0.29, 0.717) is 24.9 Å². The molecule has 39 heavy (non-hydrogen) atoms. The molecule has 0 aliphatic carbocycles. The molecule has 0 radical (unpaired) electrons. The first-order valence-electron chi connectivity index (χ1n) is 13.6. The second kappa shape index (κ2) is 15.4. The van der Waals surface area contributed by atoms with E-state index in [4.69, 9.17) is 10.5 Å². The monoisotopic (exact) mass is 594 g/mol. The number of nitrogens with zero attached hydrogens (tertiary/aromatic N) is 2. The summed E-state index contributed by atoms with van der Waals surface area (Å²) in [6, 6.07) is 0.496. The number of nitrogens with two attached hydrogens (primary N) is 1. The Morgan fingerprint density at radius 3 is 1.77 bits per heavy atom. The molecule has 2 saturated heterocycles. The van der Waals surface area contributed by atoms with Gasteiger partial charge in [-0.25, -0.2) is 31.1 Å². The first-order chi connectivity index (χ1) is 18.2. The van der Waals surface area contributed by atoms with E-state index in [9.17, 15) is 26.4 Å². The van der Waals surface area contributed by atoms with Gasteiger partial charge >= 0.3 is 5.97 Å². The van der Waals surface area contributed by atoms with Crippen molar-refractivity contribution in [2.75, 3.05) is 44.2 Å². The Morgan fingerprint density at radius 2 is 1.31 bits per heavy atom. The SMILES string of the molecule is CC(C)N1CCC(NS(=O)(=O)CCNC(=O)/C=C/C(=O)OC(N)CS(=O)(=O)NC2CCN(C(C)C)CC2)CC1. The first-order valence-corrected chi connectivity index (χ1v) is 16.9. The van der Waals surface area contributed by atoms with Crippen LogP contribution in [0.1, 0.15) is 53.4 Å². The van der Waals surface area contributed by atoms with Crippen LogP contribution < -0.4 is 20.5 Å². The van der Waals surface area contributed by atoms with Crippen LogP contribution in [0.5, 0.6) is 0 Å². The van der Waals surface area contributed by atoms with E-state index >= 15 is 0 Å². The Kier molecular flexibility index (Phi) is 13.3. The second-order valence-electron chi connectivity index (χ2n) is 10.7. The van der Waals surface area contributed by atoms with Gasteiger partial charge in [0.25, 0.3) is 0 Å². The Balaban J connectivity index is 1.66. The lowest BCUT2D eigenvalue weighted by Gasteiger charge is -2.34. The minimum atomic E-state index is -3.78. The molecular formula is C24H46N6O7S2. The van der Waals surface area contributed by atoms with Gasteiger partial charge in [0.15, 0.2) is 6.23 Å². The highest BCUT2D eigenvalue weighted by atomic mass is 32.2. The molecule has 2 rings (SSSR count). The summed E-state index contributed by atoms with van der Waals surface area (Å²) in [6.45, 7) is 11.5. The maximum absolute atomic E-state index is 12.4. The number of sulfonamides is 2. The summed E-state index contributed by atoms with van der Waals surface area (Å²) in [5.74, 6) is -2.58. The normalized spacial score (nSPS) is 20.1. The van der Waals surface area contributed by atoms with Gasteiger partial charge in [0, 0.05) is 42.9 Å². The molecule has 2 fully saturated rings. The molecule has 0 aromatic carbocycles. The zero-order chi connectivity index (χ0) is 29.2. The van der Waals surface area contributed by atoms with Crippen LogP contribution >= 0.6 is 0 Å². The van der Waals surface area contributed by atoms with Crippen LogP contribution in [0.3, 0.4) is 0 Å². The summed E-state index contributed by atoms with van der Waals surface area (Å²) >= 11 is 0. The zero-order valence-corrected chi connectivity index (χ0v) is 25.1. The number of rotatable bonds is 14. The van der Waals surface area contributed by atoms with Crippen molar-refractivity contribution in [2.45, 2.75) is 83.8 Å². The molecule has 15 heteroatoms. The average Bonchev–Trinajstić information content (AvgIpc) is 2.82. The van der Waals surface area contributed by atoms with Crippen molar-refractivity contribution in [1.82, 2.24) is 24.6 Å². The highest BCUT2D eigenvalue weighted by molar-refractivity contribution is 7.89. The molecule has 226 valence electrons. The summed E-state index contributed by atoms with van der Waals surface area (Å²) < 4.78 is 59.6. The molecule has 2 aliphatic rings. The Labute approximate surface area is 233 Å². The van der Waals surface area contributed by atoms with Crippen LogP contribution in [0.4, 0.5) is 0 Å². The maximum Gasteiger partial charge on any atom is 0.332 e. The fourth-order valence-corrected chi connectivity index (χ4v) is 7.20. The van der Waals surface area contributed by atoms with E-state index in [1.807, 2.05) is 0 Å². The van der Waals surface area contributed by atoms with E-state index in [2.05, 4.69) is 52.3 Å². The Hall–Kier alpha value is -1.62. The van der Waals surface area contributed by atoms with Crippen LogP contribution in [0, 0.1) is 0 Å². The third-order valence-corrected chi connectivity index (χ3v) is 9.80. The topological polar surface area (TPSA) is 180 Å². The Morgan fingerprint density at radius 1 is 0.846 bits per heavy atom. The van der Waals surface area contributed by atoms with Gasteiger partial charge < -0.3 is 19.9 Å². The number of piperidine rings is 2. The van der Waals surface area contributed by atoms with Crippen LogP contribution in [0.15, 0.2) is 12.2 Å². The van der Waals surface area contributed by atoms with Crippen molar-refractivity contribution >= 4 is 31.9 Å². The zero-order valence-electron chi connectivity index (χ0n) is 23.5. The molecule has 2 heterocycles. The molecule has 0 aromatic rings. The molecule has 0 bridgehead atoms. The van der Waals surface area contributed by atoms with Gasteiger partial charge in [-0.15, -0.1) is 0 Å². The minimum absolute atomic E-state index is 0.128. The third-order valence-electron chi connectivity index (χ3n) is 6.90. The highest BCUT2D eigenvalue weighted by Gasteiger charge is 2.27. The van der Waals surface area contributed by atoms with Crippen molar-refractivity contribution in [2.24, 2.45) is 5.73 Å². The van der Waals surface area contributed by atoms with Gasteiger partial charge in [-0.05, 0) is 79.6 Å². The predicted octanol–water partition coefficient (Wildman–Crippen LogP) is -0.929. The lowest BCUT2D eigenvalue weighted by Crippen LogP contribution is -2.48. The van der Waals surface area contributed by atoms with Crippen LogP contribution in [-0.4, -0.2) is 113 Å². The predicted molar refractivity (Wildman–Crippen MR) is 150 cm³/mol. The van der Waals surface area contributed by atoms with E-state index in [-0.39, 0.29) is 24.4 Å². The second-order valence-corrected chi connectivity index (χ2v) is 14.4. The van der Waals surface area contributed by atoms with Gasteiger partial charge in [-0.3, -0.25) is 10.5 Å². The van der Waals surface area contributed by atoms with Gasteiger partial charge in [0.05, 0.1) is 5.75 Å². The first kappa shape index (κ1) is 33.6. The standard InChI is InChI=1S/C24H46N6O7S2/c1-18(2)29-12-7-20(8-13-29)27-38(33,34)16-11-26-23(31)5-6-24(32)37-22(25)17-39(35,36)28-21-9-14-30(15-10-21)19(3)4/h5-6,18-22,27-28H,7-17,25H2,1-4H3,(H,26,31)/b6-5+. The third kappa shape index (κ3) is 13.1. The van der Waals surface area contributed by atoms with E-state index in [1.54, 1.807) is 0 Å².